The first-order valence-electron chi connectivity index (χ1n) is 8.79. The van der Waals surface area contributed by atoms with Gasteiger partial charge in [-0.05, 0) is 36.4 Å². The Balaban J connectivity index is 1.63. The number of halogens is 1. The Hall–Kier alpha value is -3.06. The van der Waals surface area contributed by atoms with E-state index in [0.717, 1.165) is 18.8 Å². The van der Waals surface area contributed by atoms with Crippen LogP contribution in [-0.4, -0.2) is 55.0 Å². The van der Waals surface area contributed by atoms with Crippen LogP contribution in [0.1, 0.15) is 10.4 Å². The molecule has 0 saturated carbocycles. The number of rotatable bonds is 5. The van der Waals surface area contributed by atoms with Gasteiger partial charge in [-0.15, -0.1) is 0 Å². The summed E-state index contributed by atoms with van der Waals surface area (Å²) >= 11 is 5.93. The first-order valence-corrected chi connectivity index (χ1v) is 9.17. The molecule has 8 heteroatoms. The zero-order valence-electron chi connectivity index (χ0n) is 15.5. The second-order valence-electron chi connectivity index (χ2n) is 6.22. The molecule has 28 heavy (non-hydrogen) atoms. The molecule has 7 nitrogen and oxygen atoms in total. The van der Waals surface area contributed by atoms with Crippen molar-refractivity contribution in [2.75, 3.05) is 43.5 Å². The molecule has 1 aromatic heterocycles. The summed E-state index contributed by atoms with van der Waals surface area (Å²) in [6.07, 6.45) is 3.05. The predicted octanol–water partition coefficient (Wildman–Crippen LogP) is 2.83. The number of hydrogen-bond donors (Lipinski definition) is 1. The van der Waals surface area contributed by atoms with Crippen LogP contribution in [0.4, 0.5) is 11.5 Å². The van der Waals surface area contributed by atoms with E-state index in [1.807, 2.05) is 6.07 Å². The van der Waals surface area contributed by atoms with E-state index in [-0.39, 0.29) is 11.8 Å². The first kappa shape index (κ1) is 19.7. The number of aromatic nitrogens is 1. The number of carbonyl (C=O) groups is 2. The summed E-state index contributed by atoms with van der Waals surface area (Å²) in [6.45, 7) is 6.23. The van der Waals surface area contributed by atoms with E-state index in [2.05, 4.69) is 21.8 Å². The lowest BCUT2D eigenvalue weighted by atomic mass is 10.2. The zero-order chi connectivity index (χ0) is 20.1. The molecule has 1 aromatic carbocycles. The van der Waals surface area contributed by atoms with E-state index in [0.29, 0.717) is 35.2 Å². The Bertz CT molecular complexity index is 878. The van der Waals surface area contributed by atoms with Gasteiger partial charge in [-0.3, -0.25) is 9.59 Å². The minimum atomic E-state index is -0.328. The fraction of sp³-hybridized carbons (Fsp3) is 0.250. The maximum atomic E-state index is 12.5. The summed E-state index contributed by atoms with van der Waals surface area (Å²) in [7, 11) is 1.48. The van der Waals surface area contributed by atoms with Crippen LogP contribution in [0.15, 0.2) is 49.2 Å². The fourth-order valence-corrected chi connectivity index (χ4v) is 3.16. The molecule has 0 aliphatic carbocycles. The second kappa shape index (κ2) is 8.75. The van der Waals surface area contributed by atoms with E-state index >= 15 is 0 Å². The molecule has 0 spiro atoms. The van der Waals surface area contributed by atoms with Crippen molar-refractivity contribution in [2.45, 2.75) is 0 Å². The Labute approximate surface area is 168 Å². The molecule has 1 aliphatic heterocycles. The molecule has 1 N–H and O–H groups in total. The summed E-state index contributed by atoms with van der Waals surface area (Å²) in [6, 6.07) is 8.47. The fourth-order valence-electron chi connectivity index (χ4n) is 3.00. The van der Waals surface area contributed by atoms with Crippen LogP contribution < -0.4 is 15.0 Å². The number of piperazine rings is 1. The molecular weight excluding hydrogens is 380 g/mol. The molecule has 2 amide bonds. The highest BCUT2D eigenvalue weighted by Crippen LogP contribution is 2.24. The average Bonchev–Trinajstić information content (AvgIpc) is 2.73. The lowest BCUT2D eigenvalue weighted by Crippen LogP contribution is -2.48. The third kappa shape index (κ3) is 4.43. The zero-order valence-corrected chi connectivity index (χ0v) is 16.3. The van der Waals surface area contributed by atoms with Crippen molar-refractivity contribution in [3.63, 3.8) is 0 Å². The van der Waals surface area contributed by atoms with E-state index in [1.165, 1.54) is 13.2 Å². The Morgan fingerprint density at radius 3 is 2.57 bits per heavy atom. The van der Waals surface area contributed by atoms with Crippen LogP contribution >= 0.6 is 11.6 Å². The van der Waals surface area contributed by atoms with Crippen molar-refractivity contribution in [3.8, 4) is 5.75 Å². The van der Waals surface area contributed by atoms with Gasteiger partial charge in [0.15, 0.2) is 0 Å². The van der Waals surface area contributed by atoms with Crippen molar-refractivity contribution < 1.29 is 14.3 Å². The maximum Gasteiger partial charge on any atom is 0.260 e. The van der Waals surface area contributed by atoms with E-state index < -0.39 is 0 Å². The number of methoxy groups -OCH3 is 1. The Morgan fingerprint density at radius 2 is 1.96 bits per heavy atom. The minimum Gasteiger partial charge on any atom is -0.496 e. The normalized spacial score (nSPS) is 13.8. The van der Waals surface area contributed by atoms with Crippen LogP contribution in [0.25, 0.3) is 0 Å². The number of nitrogens with one attached hydrogen (secondary N) is 1. The summed E-state index contributed by atoms with van der Waals surface area (Å²) < 4.78 is 5.21. The highest BCUT2D eigenvalue weighted by atomic mass is 35.5. The highest BCUT2D eigenvalue weighted by Gasteiger charge is 2.20. The van der Waals surface area contributed by atoms with Crippen molar-refractivity contribution in [1.29, 1.82) is 0 Å². The van der Waals surface area contributed by atoms with Gasteiger partial charge < -0.3 is 19.9 Å². The molecule has 2 aromatic rings. The molecule has 146 valence electrons. The molecule has 0 bridgehead atoms. The van der Waals surface area contributed by atoms with Gasteiger partial charge in [-0.2, -0.15) is 0 Å². The van der Waals surface area contributed by atoms with Crippen LogP contribution in [0.2, 0.25) is 5.02 Å². The Kier molecular flexibility index (Phi) is 6.16. The lowest BCUT2D eigenvalue weighted by Gasteiger charge is -2.35. The van der Waals surface area contributed by atoms with Crippen molar-refractivity contribution in [3.05, 3.63) is 59.8 Å². The molecular formula is C20H21ClN4O3. The SMILES string of the molecule is C=CC(=O)N1CCN(c2ccc(NC(=O)c3ccc(Cl)cc3OC)nc2)CC1. The summed E-state index contributed by atoms with van der Waals surface area (Å²) in [5.74, 6) is 0.457. The minimum absolute atomic E-state index is 0.0477. The third-order valence-electron chi connectivity index (χ3n) is 4.53. The average molecular weight is 401 g/mol. The molecule has 1 aliphatic rings. The second-order valence-corrected chi connectivity index (χ2v) is 6.65. The number of pyridine rings is 1. The topological polar surface area (TPSA) is 74.8 Å². The van der Waals surface area contributed by atoms with E-state index in [4.69, 9.17) is 16.3 Å². The van der Waals surface area contributed by atoms with Crippen LogP contribution in [0.3, 0.4) is 0 Å². The van der Waals surface area contributed by atoms with E-state index in [1.54, 1.807) is 35.4 Å². The van der Waals surface area contributed by atoms with Gasteiger partial charge in [0.2, 0.25) is 5.91 Å². The van der Waals surface area contributed by atoms with Gasteiger partial charge in [-0.25, -0.2) is 4.98 Å². The smallest absolute Gasteiger partial charge is 0.260 e. The molecule has 0 radical (unpaired) electrons. The number of amides is 2. The van der Waals surface area contributed by atoms with Gasteiger partial charge in [0.05, 0.1) is 24.6 Å². The standard InChI is InChI=1S/C20H21ClN4O3/c1-3-19(26)25-10-8-24(9-11-25)15-5-7-18(22-13-15)23-20(27)16-6-4-14(21)12-17(16)28-2/h3-7,12-13H,1,8-11H2,2H3,(H,22,23,27). The van der Waals surface area contributed by atoms with Crippen molar-refractivity contribution >= 4 is 34.9 Å². The number of ether oxygens (including phenoxy) is 1. The van der Waals surface area contributed by atoms with Gasteiger partial charge in [0.1, 0.15) is 11.6 Å². The molecule has 2 heterocycles. The molecule has 1 fully saturated rings. The largest absolute Gasteiger partial charge is 0.496 e. The van der Waals surface area contributed by atoms with Crippen molar-refractivity contribution in [2.24, 2.45) is 0 Å². The van der Waals surface area contributed by atoms with Gasteiger partial charge in [-0.1, -0.05) is 18.2 Å². The molecule has 3 rings (SSSR count). The van der Waals surface area contributed by atoms with Gasteiger partial charge >= 0.3 is 0 Å². The number of hydrogen-bond acceptors (Lipinski definition) is 5. The van der Waals surface area contributed by atoms with E-state index in [9.17, 15) is 9.59 Å². The van der Waals surface area contributed by atoms with Gasteiger partial charge in [0, 0.05) is 31.2 Å². The number of carbonyl (C=O) groups excluding carboxylic acids is 2. The van der Waals surface area contributed by atoms with Crippen LogP contribution in [0, 0.1) is 0 Å². The summed E-state index contributed by atoms with van der Waals surface area (Å²) in [4.78, 5) is 32.4. The molecule has 1 saturated heterocycles. The van der Waals surface area contributed by atoms with Gasteiger partial charge in [0.25, 0.3) is 5.91 Å². The third-order valence-corrected chi connectivity index (χ3v) is 4.76. The monoisotopic (exact) mass is 400 g/mol. The maximum absolute atomic E-state index is 12.5. The summed E-state index contributed by atoms with van der Waals surface area (Å²) in [5.41, 5.74) is 1.31. The lowest BCUT2D eigenvalue weighted by molar-refractivity contribution is -0.126. The summed E-state index contributed by atoms with van der Waals surface area (Å²) in [5, 5.41) is 3.25. The predicted molar refractivity (Wildman–Crippen MR) is 109 cm³/mol. The number of anilines is 2. The van der Waals surface area contributed by atoms with Crippen molar-refractivity contribution in [1.82, 2.24) is 9.88 Å². The highest BCUT2D eigenvalue weighted by molar-refractivity contribution is 6.31. The molecule has 0 atom stereocenters. The number of benzene rings is 1. The van der Waals surface area contributed by atoms with Crippen LogP contribution in [0.5, 0.6) is 5.75 Å². The van der Waals surface area contributed by atoms with Crippen LogP contribution in [-0.2, 0) is 4.79 Å². The Morgan fingerprint density at radius 1 is 1.21 bits per heavy atom. The quantitative estimate of drug-likeness (QED) is 0.781. The number of nitrogens with zero attached hydrogens (tertiary/aromatic N) is 3. The molecule has 0 unspecified atom stereocenters. The first-order chi connectivity index (χ1) is 13.5.